The molecule has 2 N–H and O–H groups in total. The molecule has 0 radical (unpaired) electrons. The van der Waals surface area contributed by atoms with Crippen molar-refractivity contribution < 1.29 is 9.59 Å². The molecule has 122 valence electrons. The minimum absolute atomic E-state index is 0.0562. The summed E-state index contributed by atoms with van der Waals surface area (Å²) in [7, 11) is 0. The van der Waals surface area contributed by atoms with Gasteiger partial charge in [0.05, 0.1) is 12.0 Å². The highest BCUT2D eigenvalue weighted by molar-refractivity contribution is 5.78. The van der Waals surface area contributed by atoms with Gasteiger partial charge in [-0.2, -0.15) is 5.10 Å². The van der Waals surface area contributed by atoms with Crippen LogP contribution in [0, 0.1) is 0 Å². The highest BCUT2D eigenvalue weighted by Crippen LogP contribution is 2.17. The fourth-order valence-corrected chi connectivity index (χ4v) is 2.69. The summed E-state index contributed by atoms with van der Waals surface area (Å²) < 4.78 is 1.86. The van der Waals surface area contributed by atoms with Crippen LogP contribution < -0.4 is 5.73 Å². The lowest BCUT2D eigenvalue weighted by Gasteiger charge is -2.21. The van der Waals surface area contributed by atoms with E-state index in [1.54, 1.807) is 0 Å². The van der Waals surface area contributed by atoms with Gasteiger partial charge in [0.25, 0.3) is 0 Å². The number of hydrogen-bond donors (Lipinski definition) is 1. The lowest BCUT2D eigenvalue weighted by atomic mass is 10.1. The molecular weight excluding hydrogens is 282 g/mol. The van der Waals surface area contributed by atoms with Crippen molar-refractivity contribution in [3.63, 3.8) is 0 Å². The van der Waals surface area contributed by atoms with Crippen LogP contribution in [0.5, 0.6) is 0 Å². The zero-order valence-electron chi connectivity index (χ0n) is 13.6. The van der Waals surface area contributed by atoms with Crippen LogP contribution in [0.25, 0.3) is 0 Å². The van der Waals surface area contributed by atoms with Gasteiger partial charge in [0.15, 0.2) is 5.82 Å². The summed E-state index contributed by atoms with van der Waals surface area (Å²) in [4.78, 5) is 29.0. The molecule has 1 aromatic heterocycles. The topological polar surface area (TPSA) is 94.1 Å². The molecule has 7 heteroatoms. The van der Waals surface area contributed by atoms with Crippen molar-refractivity contribution in [2.45, 2.75) is 58.4 Å². The molecule has 1 saturated heterocycles. The van der Waals surface area contributed by atoms with E-state index in [1.165, 1.54) is 0 Å². The number of likely N-dealkylation sites (tertiary alicyclic amines) is 1. The Bertz CT molecular complexity index is 559. The largest absolute Gasteiger partial charge is 0.369 e. The van der Waals surface area contributed by atoms with E-state index >= 15 is 0 Å². The monoisotopic (exact) mass is 307 g/mol. The number of aryl methyl sites for hydroxylation is 1. The molecule has 2 heterocycles. The second kappa shape index (κ2) is 6.46. The smallest absolute Gasteiger partial charge is 0.225 e. The molecule has 0 bridgehead atoms. The number of carbonyl (C=O) groups is 2. The van der Waals surface area contributed by atoms with Gasteiger partial charge in [0, 0.05) is 25.9 Å². The van der Waals surface area contributed by atoms with Crippen LogP contribution in [0.2, 0.25) is 0 Å². The summed E-state index contributed by atoms with van der Waals surface area (Å²) in [6, 6.07) is 0. The van der Waals surface area contributed by atoms with E-state index in [2.05, 4.69) is 10.1 Å². The first kappa shape index (κ1) is 16.5. The van der Waals surface area contributed by atoms with Crippen LogP contribution in [0.1, 0.15) is 51.7 Å². The highest BCUT2D eigenvalue weighted by Gasteiger charge is 2.23. The molecule has 0 spiro atoms. The van der Waals surface area contributed by atoms with Gasteiger partial charge in [-0.25, -0.2) is 9.67 Å². The van der Waals surface area contributed by atoms with Crippen LogP contribution in [0.4, 0.5) is 0 Å². The Morgan fingerprint density at radius 1 is 1.36 bits per heavy atom. The van der Waals surface area contributed by atoms with Crippen LogP contribution >= 0.6 is 0 Å². The van der Waals surface area contributed by atoms with Gasteiger partial charge in [0.2, 0.25) is 11.8 Å². The number of carbonyl (C=O) groups excluding carboxylic acids is 2. The molecule has 0 unspecified atom stereocenters. The summed E-state index contributed by atoms with van der Waals surface area (Å²) >= 11 is 0. The minimum atomic E-state index is -0.430. The van der Waals surface area contributed by atoms with E-state index in [0.29, 0.717) is 12.2 Å². The Hall–Kier alpha value is -1.92. The minimum Gasteiger partial charge on any atom is -0.369 e. The zero-order valence-corrected chi connectivity index (χ0v) is 13.6. The van der Waals surface area contributed by atoms with E-state index in [4.69, 9.17) is 5.73 Å². The Morgan fingerprint density at radius 2 is 2.09 bits per heavy atom. The lowest BCUT2D eigenvalue weighted by molar-refractivity contribution is -0.127. The highest BCUT2D eigenvalue weighted by atomic mass is 16.2. The van der Waals surface area contributed by atoms with E-state index in [1.807, 2.05) is 30.4 Å². The molecule has 2 amide bonds. The normalized spacial score (nSPS) is 15.6. The maximum Gasteiger partial charge on any atom is 0.225 e. The summed E-state index contributed by atoms with van der Waals surface area (Å²) in [5.41, 5.74) is 5.01. The number of nitrogens with zero attached hydrogens (tertiary/aromatic N) is 4. The van der Waals surface area contributed by atoms with Crippen LogP contribution in [-0.4, -0.2) is 44.6 Å². The van der Waals surface area contributed by atoms with E-state index in [0.717, 1.165) is 38.2 Å². The van der Waals surface area contributed by atoms with E-state index in [9.17, 15) is 9.59 Å². The van der Waals surface area contributed by atoms with Gasteiger partial charge < -0.3 is 10.6 Å². The number of aromatic nitrogens is 3. The SMILES string of the molecule is CC(C)(C)n1nc(CC(N)=O)nc1CCCN1CCCC1=O. The molecule has 1 aliphatic rings. The van der Waals surface area contributed by atoms with Gasteiger partial charge in [0.1, 0.15) is 5.82 Å². The molecule has 1 aliphatic heterocycles. The van der Waals surface area contributed by atoms with Gasteiger partial charge in [-0.1, -0.05) is 0 Å². The van der Waals surface area contributed by atoms with E-state index in [-0.39, 0.29) is 17.9 Å². The lowest BCUT2D eigenvalue weighted by Crippen LogP contribution is -2.28. The van der Waals surface area contributed by atoms with Crippen molar-refractivity contribution in [2.24, 2.45) is 5.73 Å². The average Bonchev–Trinajstić information content (AvgIpc) is 2.95. The van der Waals surface area contributed by atoms with Crippen molar-refractivity contribution >= 4 is 11.8 Å². The molecular formula is C15H25N5O2. The first-order valence-electron chi connectivity index (χ1n) is 7.79. The fourth-order valence-electron chi connectivity index (χ4n) is 2.69. The Morgan fingerprint density at radius 3 is 2.64 bits per heavy atom. The van der Waals surface area contributed by atoms with Gasteiger partial charge in [-0.3, -0.25) is 9.59 Å². The fraction of sp³-hybridized carbons (Fsp3) is 0.733. The molecule has 1 fully saturated rings. The Kier molecular flexibility index (Phi) is 4.83. The van der Waals surface area contributed by atoms with Gasteiger partial charge >= 0.3 is 0 Å². The van der Waals surface area contributed by atoms with Crippen molar-refractivity contribution in [3.8, 4) is 0 Å². The van der Waals surface area contributed by atoms with Crippen LogP contribution in [-0.2, 0) is 28.0 Å². The van der Waals surface area contributed by atoms with E-state index < -0.39 is 5.91 Å². The quantitative estimate of drug-likeness (QED) is 0.833. The second-order valence-electron chi connectivity index (χ2n) is 6.76. The first-order valence-corrected chi connectivity index (χ1v) is 7.79. The molecule has 2 rings (SSSR count). The molecule has 0 atom stereocenters. The maximum absolute atomic E-state index is 11.6. The van der Waals surface area contributed by atoms with Crippen molar-refractivity contribution in [3.05, 3.63) is 11.6 Å². The van der Waals surface area contributed by atoms with Gasteiger partial charge in [-0.15, -0.1) is 0 Å². The number of rotatable bonds is 6. The predicted octanol–water partition coefficient (Wildman–Crippen LogP) is 0.616. The molecule has 0 aliphatic carbocycles. The zero-order chi connectivity index (χ0) is 16.3. The predicted molar refractivity (Wildman–Crippen MR) is 82.1 cm³/mol. The Labute approximate surface area is 130 Å². The number of nitrogens with two attached hydrogens (primary N) is 1. The average molecular weight is 307 g/mol. The maximum atomic E-state index is 11.6. The number of amides is 2. The number of primary amides is 1. The molecule has 7 nitrogen and oxygen atoms in total. The van der Waals surface area contributed by atoms with Gasteiger partial charge in [-0.05, 0) is 33.6 Å². The molecule has 22 heavy (non-hydrogen) atoms. The molecule has 0 aromatic carbocycles. The summed E-state index contributed by atoms with van der Waals surface area (Å²) in [6.07, 6.45) is 3.25. The second-order valence-corrected chi connectivity index (χ2v) is 6.76. The third-order valence-electron chi connectivity index (χ3n) is 3.69. The Balaban J connectivity index is 2.03. The van der Waals surface area contributed by atoms with Crippen LogP contribution in [0.15, 0.2) is 0 Å². The first-order chi connectivity index (χ1) is 10.3. The van der Waals surface area contributed by atoms with Crippen LogP contribution in [0.3, 0.4) is 0 Å². The number of hydrogen-bond acceptors (Lipinski definition) is 4. The van der Waals surface area contributed by atoms with Crippen molar-refractivity contribution in [1.82, 2.24) is 19.7 Å². The van der Waals surface area contributed by atoms with Crippen molar-refractivity contribution in [2.75, 3.05) is 13.1 Å². The summed E-state index contributed by atoms with van der Waals surface area (Å²) in [5.74, 6) is 1.12. The third kappa shape index (κ3) is 4.05. The summed E-state index contributed by atoms with van der Waals surface area (Å²) in [5, 5.41) is 4.41. The molecule has 0 saturated carbocycles. The third-order valence-corrected chi connectivity index (χ3v) is 3.69. The van der Waals surface area contributed by atoms with Crippen molar-refractivity contribution in [1.29, 1.82) is 0 Å². The molecule has 1 aromatic rings. The standard InChI is InChI=1S/C15H25N5O2/c1-15(2,3)20-13(17-12(18-20)10-11(16)21)6-4-8-19-9-5-7-14(19)22/h4-10H2,1-3H3,(H2,16,21). The summed E-state index contributed by atoms with van der Waals surface area (Å²) in [6.45, 7) is 7.74.